The Kier molecular flexibility index (Phi) is 3.33. The lowest BCUT2D eigenvalue weighted by atomic mass is 9.49. The van der Waals surface area contributed by atoms with Crippen LogP contribution in [0.4, 0.5) is 0 Å². The van der Waals surface area contributed by atoms with Crippen molar-refractivity contribution in [2.45, 2.75) is 58.5 Å². The minimum absolute atomic E-state index is 0.0806. The minimum Gasteiger partial charge on any atom is -0.464 e. The molecule has 0 aromatic heterocycles. The molecule has 3 heteroatoms. The number of ether oxygens (including phenoxy) is 1. The standard InChI is InChI=1S/C20H26O3/c1-19-9-7-14(22)11-13(19)3-4-15-16-5-6-18(23-12-21)20(16,2)10-8-17(15)19/h3-4,11-12,15-18H,5-10H2,1-2H3/t15?,16?,17?,18-,19-,20-/m0/s1. The molecule has 0 aromatic carbocycles. The van der Waals surface area contributed by atoms with E-state index in [1.54, 1.807) is 0 Å². The smallest absolute Gasteiger partial charge is 0.293 e. The van der Waals surface area contributed by atoms with Crippen LogP contribution in [-0.2, 0) is 14.3 Å². The summed E-state index contributed by atoms with van der Waals surface area (Å²) in [6, 6.07) is 0. The van der Waals surface area contributed by atoms with E-state index in [2.05, 4.69) is 26.0 Å². The molecule has 0 bridgehead atoms. The maximum absolute atomic E-state index is 11.8. The van der Waals surface area contributed by atoms with Gasteiger partial charge in [0.1, 0.15) is 6.10 Å². The first kappa shape index (κ1) is 15.2. The fourth-order valence-electron chi connectivity index (χ4n) is 6.24. The summed E-state index contributed by atoms with van der Waals surface area (Å²) >= 11 is 0. The van der Waals surface area contributed by atoms with Crippen molar-refractivity contribution in [2.75, 3.05) is 0 Å². The Labute approximate surface area is 138 Å². The lowest BCUT2D eigenvalue weighted by molar-refractivity contribution is -0.142. The average Bonchev–Trinajstić information content (AvgIpc) is 2.85. The summed E-state index contributed by atoms with van der Waals surface area (Å²) < 4.78 is 5.44. The zero-order chi connectivity index (χ0) is 16.2. The van der Waals surface area contributed by atoms with Gasteiger partial charge in [-0.1, -0.05) is 26.0 Å². The number of ketones is 1. The van der Waals surface area contributed by atoms with E-state index in [0.717, 1.165) is 25.7 Å². The first-order valence-electron chi connectivity index (χ1n) is 9.01. The number of hydrogen-bond donors (Lipinski definition) is 0. The molecule has 124 valence electrons. The molecule has 0 amide bonds. The van der Waals surface area contributed by atoms with Crippen molar-refractivity contribution >= 4 is 12.3 Å². The number of carbonyl (C=O) groups is 2. The normalized spacial score (nSPS) is 48.1. The van der Waals surface area contributed by atoms with E-state index in [0.29, 0.717) is 30.6 Å². The first-order chi connectivity index (χ1) is 11.0. The van der Waals surface area contributed by atoms with Crippen molar-refractivity contribution in [3.05, 3.63) is 23.8 Å². The van der Waals surface area contributed by atoms with Gasteiger partial charge in [-0.05, 0) is 66.9 Å². The van der Waals surface area contributed by atoms with E-state index < -0.39 is 0 Å². The third-order valence-electron chi connectivity index (χ3n) is 7.65. The molecule has 23 heavy (non-hydrogen) atoms. The van der Waals surface area contributed by atoms with Gasteiger partial charge in [-0.3, -0.25) is 9.59 Å². The molecule has 0 aliphatic heterocycles. The van der Waals surface area contributed by atoms with Crippen LogP contribution in [0.1, 0.15) is 52.4 Å². The highest BCUT2D eigenvalue weighted by molar-refractivity contribution is 5.92. The van der Waals surface area contributed by atoms with Gasteiger partial charge in [-0.25, -0.2) is 0 Å². The summed E-state index contributed by atoms with van der Waals surface area (Å²) in [6.07, 6.45) is 12.7. The largest absolute Gasteiger partial charge is 0.464 e. The van der Waals surface area contributed by atoms with E-state index in [1.165, 1.54) is 12.0 Å². The van der Waals surface area contributed by atoms with Gasteiger partial charge >= 0.3 is 0 Å². The summed E-state index contributed by atoms with van der Waals surface area (Å²) in [6.45, 7) is 5.32. The molecule has 4 rings (SSSR count). The molecule has 0 heterocycles. The van der Waals surface area contributed by atoms with Gasteiger partial charge in [-0.15, -0.1) is 0 Å². The fraction of sp³-hybridized carbons (Fsp3) is 0.700. The molecular weight excluding hydrogens is 288 g/mol. The highest BCUT2D eigenvalue weighted by atomic mass is 16.5. The molecule has 0 N–H and O–H groups in total. The van der Waals surface area contributed by atoms with Crippen LogP contribution in [0.15, 0.2) is 23.8 Å². The summed E-state index contributed by atoms with van der Waals surface area (Å²) in [4.78, 5) is 22.7. The first-order valence-corrected chi connectivity index (χ1v) is 9.01. The second kappa shape index (κ2) is 5.06. The third-order valence-corrected chi connectivity index (χ3v) is 7.65. The molecule has 3 unspecified atom stereocenters. The van der Waals surface area contributed by atoms with E-state index in [9.17, 15) is 9.59 Å². The Hall–Kier alpha value is -1.38. The lowest BCUT2D eigenvalue weighted by Gasteiger charge is -2.55. The Bertz CT molecular complexity index is 604. The number of carbonyl (C=O) groups excluding carboxylic acids is 2. The topological polar surface area (TPSA) is 43.4 Å². The quantitative estimate of drug-likeness (QED) is 0.727. The lowest BCUT2D eigenvalue weighted by Crippen LogP contribution is -2.50. The Balaban J connectivity index is 1.70. The van der Waals surface area contributed by atoms with Crippen LogP contribution in [0.25, 0.3) is 0 Å². The van der Waals surface area contributed by atoms with Crippen molar-refractivity contribution < 1.29 is 14.3 Å². The Morgan fingerprint density at radius 1 is 1.17 bits per heavy atom. The summed E-state index contributed by atoms with van der Waals surface area (Å²) in [5.41, 5.74) is 1.52. The predicted octanol–water partition coefficient (Wildman–Crippen LogP) is 3.84. The molecule has 2 saturated carbocycles. The molecule has 4 aliphatic carbocycles. The van der Waals surface area contributed by atoms with E-state index in [1.807, 2.05) is 6.08 Å². The number of rotatable bonds is 2. The average molecular weight is 314 g/mol. The second-order valence-electron chi connectivity index (χ2n) is 8.48. The van der Waals surface area contributed by atoms with Crippen molar-refractivity contribution in [1.82, 2.24) is 0 Å². The number of fused-ring (bicyclic) bond motifs is 5. The molecule has 6 atom stereocenters. The molecular formula is C20H26O3. The van der Waals surface area contributed by atoms with Crippen LogP contribution in [-0.4, -0.2) is 18.4 Å². The van der Waals surface area contributed by atoms with Crippen molar-refractivity contribution in [3.63, 3.8) is 0 Å². The van der Waals surface area contributed by atoms with Crippen LogP contribution in [0.5, 0.6) is 0 Å². The predicted molar refractivity (Wildman–Crippen MR) is 87.6 cm³/mol. The minimum atomic E-state index is 0.0806. The van der Waals surface area contributed by atoms with E-state index in [4.69, 9.17) is 4.74 Å². The fourth-order valence-corrected chi connectivity index (χ4v) is 6.24. The molecule has 0 aromatic rings. The van der Waals surface area contributed by atoms with E-state index in [-0.39, 0.29) is 22.7 Å². The van der Waals surface area contributed by atoms with Gasteiger partial charge in [0, 0.05) is 11.8 Å². The van der Waals surface area contributed by atoms with Crippen LogP contribution < -0.4 is 0 Å². The number of allylic oxidation sites excluding steroid dienone is 4. The van der Waals surface area contributed by atoms with E-state index >= 15 is 0 Å². The number of hydrogen-bond acceptors (Lipinski definition) is 3. The molecule has 0 spiro atoms. The Morgan fingerprint density at radius 2 is 2.00 bits per heavy atom. The Morgan fingerprint density at radius 3 is 2.78 bits per heavy atom. The van der Waals surface area contributed by atoms with Crippen LogP contribution in [0, 0.1) is 28.6 Å². The van der Waals surface area contributed by atoms with Crippen LogP contribution in [0.2, 0.25) is 0 Å². The zero-order valence-electron chi connectivity index (χ0n) is 14.1. The molecule has 0 radical (unpaired) electrons. The molecule has 0 saturated heterocycles. The second-order valence-corrected chi connectivity index (χ2v) is 8.48. The van der Waals surface area contributed by atoms with Gasteiger partial charge in [0.15, 0.2) is 5.78 Å². The summed E-state index contributed by atoms with van der Waals surface area (Å²) in [5.74, 6) is 2.06. The van der Waals surface area contributed by atoms with Gasteiger partial charge in [0.25, 0.3) is 6.47 Å². The molecule has 3 nitrogen and oxygen atoms in total. The third kappa shape index (κ3) is 2.01. The monoisotopic (exact) mass is 314 g/mol. The molecule has 4 aliphatic rings. The SMILES string of the molecule is C[C@]12CCC(=O)C=C1C=CC1C2CC[C@@]2(C)C1CC[C@@H]2OC=O. The van der Waals surface area contributed by atoms with Gasteiger partial charge in [0.05, 0.1) is 0 Å². The summed E-state index contributed by atoms with van der Waals surface area (Å²) in [5, 5.41) is 0. The maximum Gasteiger partial charge on any atom is 0.293 e. The van der Waals surface area contributed by atoms with Crippen molar-refractivity contribution in [2.24, 2.45) is 28.6 Å². The van der Waals surface area contributed by atoms with Crippen molar-refractivity contribution in [1.29, 1.82) is 0 Å². The maximum atomic E-state index is 11.8. The van der Waals surface area contributed by atoms with Gasteiger partial charge in [0.2, 0.25) is 0 Å². The highest BCUT2D eigenvalue weighted by Gasteiger charge is 2.58. The highest BCUT2D eigenvalue weighted by Crippen LogP contribution is 2.63. The summed E-state index contributed by atoms with van der Waals surface area (Å²) in [7, 11) is 0. The zero-order valence-corrected chi connectivity index (χ0v) is 14.1. The van der Waals surface area contributed by atoms with Gasteiger partial charge < -0.3 is 4.74 Å². The van der Waals surface area contributed by atoms with Crippen LogP contribution >= 0.6 is 0 Å². The van der Waals surface area contributed by atoms with Crippen molar-refractivity contribution in [3.8, 4) is 0 Å². The van der Waals surface area contributed by atoms with Crippen LogP contribution in [0.3, 0.4) is 0 Å². The van der Waals surface area contributed by atoms with Gasteiger partial charge in [-0.2, -0.15) is 0 Å². The molecule has 2 fully saturated rings.